The Kier molecular flexibility index (Phi) is 4.87. The van der Waals surface area contributed by atoms with Gasteiger partial charge in [0.05, 0.1) is 17.4 Å². The summed E-state index contributed by atoms with van der Waals surface area (Å²) in [6, 6.07) is 3.93. The van der Waals surface area contributed by atoms with Crippen molar-refractivity contribution in [3.05, 3.63) is 50.0 Å². The molecule has 3 N–H and O–H groups in total. The van der Waals surface area contributed by atoms with Gasteiger partial charge in [0, 0.05) is 31.4 Å². The van der Waals surface area contributed by atoms with Crippen LogP contribution in [0.2, 0.25) is 0 Å². The first-order valence-electron chi connectivity index (χ1n) is 10.2. The van der Waals surface area contributed by atoms with Crippen molar-refractivity contribution in [2.45, 2.75) is 39.2 Å². The fraction of sp³-hybridized carbons (Fsp3) is 0.571. The Morgan fingerprint density at radius 2 is 2.10 bits per heavy atom. The van der Waals surface area contributed by atoms with Crippen LogP contribution in [0.25, 0.3) is 15.7 Å². The van der Waals surface area contributed by atoms with Crippen molar-refractivity contribution in [1.82, 2.24) is 14.6 Å². The third-order valence-corrected chi connectivity index (χ3v) is 6.27. The molecule has 8 heteroatoms. The summed E-state index contributed by atoms with van der Waals surface area (Å²) in [6.07, 6.45) is 2.93. The Balaban J connectivity index is 1.70. The summed E-state index contributed by atoms with van der Waals surface area (Å²) in [5.74, 6) is 5.76. The SMILES string of the molecule is [C-]#[N+]CCNCC1(C)CCN(c2ccc3c(=O)n(N)c(=O)n(C4CC4)c3c2C)C1. The summed E-state index contributed by atoms with van der Waals surface area (Å²) in [5.41, 5.74) is 2.03. The first kappa shape index (κ1) is 19.5. The highest BCUT2D eigenvalue weighted by molar-refractivity contribution is 5.87. The number of nitrogen functional groups attached to an aromatic ring is 1. The standard InChI is InChI=1S/C21H28N6O2/c1-14-17(25-11-8-21(2,13-25)12-24-10-9-23-3)7-6-16-18(14)26(15-4-5-15)20(29)27(22)19(16)28/h6-7,15,24H,4-5,8-13,22H2,1-2H3. The Morgan fingerprint density at radius 3 is 2.79 bits per heavy atom. The number of fused-ring (bicyclic) bond motifs is 1. The molecule has 1 saturated carbocycles. The van der Waals surface area contributed by atoms with Gasteiger partial charge in [-0.2, -0.15) is 4.68 Å². The normalized spacial score (nSPS) is 21.6. The van der Waals surface area contributed by atoms with Crippen LogP contribution < -0.4 is 27.3 Å². The fourth-order valence-electron chi connectivity index (χ4n) is 4.51. The summed E-state index contributed by atoms with van der Waals surface area (Å²) in [4.78, 5) is 31.0. The van der Waals surface area contributed by atoms with E-state index in [1.165, 1.54) is 0 Å². The van der Waals surface area contributed by atoms with Crippen LogP contribution in [0.5, 0.6) is 0 Å². The molecular formula is C21H28N6O2. The van der Waals surface area contributed by atoms with E-state index >= 15 is 0 Å². The van der Waals surface area contributed by atoms with Gasteiger partial charge in [0.2, 0.25) is 6.54 Å². The van der Waals surface area contributed by atoms with Gasteiger partial charge in [-0.1, -0.05) is 6.92 Å². The molecule has 2 heterocycles. The number of aromatic nitrogens is 2. The number of nitrogens with two attached hydrogens (primary N) is 1. The van der Waals surface area contributed by atoms with Gasteiger partial charge in [-0.05, 0) is 49.3 Å². The molecular weight excluding hydrogens is 368 g/mol. The maximum atomic E-state index is 12.7. The quantitative estimate of drug-likeness (QED) is 0.436. The minimum Gasteiger partial charge on any atom is -0.371 e. The van der Waals surface area contributed by atoms with E-state index in [4.69, 9.17) is 12.4 Å². The third kappa shape index (κ3) is 3.40. The van der Waals surface area contributed by atoms with Crippen LogP contribution in [0.3, 0.4) is 0 Å². The molecule has 29 heavy (non-hydrogen) atoms. The maximum Gasteiger partial charge on any atom is 0.350 e. The molecule has 0 spiro atoms. The fourth-order valence-corrected chi connectivity index (χ4v) is 4.51. The highest BCUT2D eigenvalue weighted by Gasteiger charge is 2.35. The van der Waals surface area contributed by atoms with E-state index in [2.05, 4.69) is 22.0 Å². The monoisotopic (exact) mass is 396 g/mol. The summed E-state index contributed by atoms with van der Waals surface area (Å²) >= 11 is 0. The molecule has 2 fully saturated rings. The zero-order valence-corrected chi connectivity index (χ0v) is 17.1. The van der Waals surface area contributed by atoms with E-state index in [0.29, 0.717) is 18.5 Å². The summed E-state index contributed by atoms with van der Waals surface area (Å²) in [5, 5.41) is 3.90. The second-order valence-electron chi connectivity index (χ2n) is 8.71. The van der Waals surface area contributed by atoms with Gasteiger partial charge < -0.3 is 20.9 Å². The predicted molar refractivity (Wildman–Crippen MR) is 115 cm³/mol. The van der Waals surface area contributed by atoms with Gasteiger partial charge in [0.15, 0.2) is 0 Å². The molecule has 4 rings (SSSR count). The Bertz CT molecular complexity index is 1110. The predicted octanol–water partition coefficient (Wildman–Crippen LogP) is 1.25. The number of rotatable bonds is 6. The minimum atomic E-state index is -0.438. The van der Waals surface area contributed by atoms with Crippen molar-refractivity contribution in [1.29, 1.82) is 0 Å². The van der Waals surface area contributed by atoms with Crippen molar-refractivity contribution in [3.63, 3.8) is 0 Å². The van der Waals surface area contributed by atoms with E-state index in [-0.39, 0.29) is 11.5 Å². The van der Waals surface area contributed by atoms with E-state index < -0.39 is 11.2 Å². The zero-order valence-electron chi connectivity index (χ0n) is 17.1. The number of nitrogens with one attached hydrogen (secondary N) is 1. The molecule has 1 aromatic heterocycles. The molecule has 1 aromatic carbocycles. The second-order valence-corrected chi connectivity index (χ2v) is 8.71. The lowest BCUT2D eigenvalue weighted by Crippen LogP contribution is -2.44. The molecule has 1 unspecified atom stereocenters. The molecule has 1 atom stereocenters. The molecule has 0 bridgehead atoms. The van der Waals surface area contributed by atoms with Crippen molar-refractivity contribution in [3.8, 4) is 0 Å². The first-order chi connectivity index (χ1) is 13.9. The van der Waals surface area contributed by atoms with E-state index in [1.54, 1.807) is 4.57 Å². The molecule has 0 radical (unpaired) electrons. The molecule has 8 nitrogen and oxygen atoms in total. The van der Waals surface area contributed by atoms with E-state index in [9.17, 15) is 9.59 Å². The van der Waals surface area contributed by atoms with E-state index in [1.807, 2.05) is 19.1 Å². The minimum absolute atomic E-state index is 0.125. The average Bonchev–Trinajstić information content (AvgIpc) is 3.46. The highest BCUT2D eigenvalue weighted by atomic mass is 16.2. The van der Waals surface area contributed by atoms with Crippen LogP contribution in [-0.2, 0) is 0 Å². The molecule has 1 aliphatic heterocycles. The molecule has 0 amide bonds. The lowest BCUT2D eigenvalue weighted by atomic mass is 9.90. The molecule has 1 aliphatic carbocycles. The largest absolute Gasteiger partial charge is 0.371 e. The number of hydrogen-bond donors (Lipinski definition) is 2. The van der Waals surface area contributed by atoms with Crippen LogP contribution >= 0.6 is 0 Å². The third-order valence-electron chi connectivity index (χ3n) is 6.27. The van der Waals surface area contributed by atoms with Gasteiger partial charge in [0.1, 0.15) is 0 Å². The number of nitrogens with zero attached hydrogens (tertiary/aromatic N) is 4. The summed E-state index contributed by atoms with van der Waals surface area (Å²) in [7, 11) is 0. The van der Waals surface area contributed by atoms with Crippen LogP contribution in [0, 0.1) is 18.9 Å². The number of aryl methyl sites for hydroxylation is 1. The zero-order chi connectivity index (χ0) is 20.8. The topological polar surface area (TPSA) is 89.7 Å². The smallest absolute Gasteiger partial charge is 0.350 e. The number of hydrogen-bond acceptors (Lipinski definition) is 5. The summed E-state index contributed by atoms with van der Waals surface area (Å²) in [6.45, 7) is 15.1. The van der Waals surface area contributed by atoms with Gasteiger partial charge in [0.25, 0.3) is 5.56 Å². The van der Waals surface area contributed by atoms with Gasteiger partial charge in [-0.15, -0.1) is 0 Å². The van der Waals surface area contributed by atoms with Crippen molar-refractivity contribution in [2.24, 2.45) is 5.41 Å². The maximum absolute atomic E-state index is 12.7. The van der Waals surface area contributed by atoms with Crippen LogP contribution in [0.15, 0.2) is 21.7 Å². The second kappa shape index (κ2) is 7.23. The Hall–Kier alpha value is -2.79. The summed E-state index contributed by atoms with van der Waals surface area (Å²) < 4.78 is 2.46. The number of anilines is 1. The van der Waals surface area contributed by atoms with Crippen LogP contribution in [0.4, 0.5) is 5.69 Å². The lowest BCUT2D eigenvalue weighted by molar-refractivity contribution is 0.347. The Labute approximate surface area is 169 Å². The van der Waals surface area contributed by atoms with Crippen molar-refractivity contribution in [2.75, 3.05) is 43.5 Å². The lowest BCUT2D eigenvalue weighted by Gasteiger charge is -2.27. The van der Waals surface area contributed by atoms with Crippen LogP contribution in [0.1, 0.15) is 37.8 Å². The van der Waals surface area contributed by atoms with Crippen molar-refractivity contribution < 1.29 is 0 Å². The molecule has 2 aliphatic rings. The highest BCUT2D eigenvalue weighted by Crippen LogP contribution is 2.39. The average molecular weight is 396 g/mol. The van der Waals surface area contributed by atoms with E-state index in [0.717, 1.165) is 60.3 Å². The van der Waals surface area contributed by atoms with Crippen LogP contribution in [-0.4, -0.2) is 42.0 Å². The number of benzene rings is 1. The van der Waals surface area contributed by atoms with Crippen molar-refractivity contribution >= 4 is 16.6 Å². The first-order valence-corrected chi connectivity index (χ1v) is 10.2. The molecule has 2 aromatic rings. The molecule has 1 saturated heterocycles. The van der Waals surface area contributed by atoms with Gasteiger partial charge in [-0.3, -0.25) is 9.36 Å². The molecule has 154 valence electrons. The van der Waals surface area contributed by atoms with Gasteiger partial charge >= 0.3 is 5.69 Å². The Morgan fingerprint density at radius 1 is 1.34 bits per heavy atom. The van der Waals surface area contributed by atoms with Gasteiger partial charge in [-0.25, -0.2) is 11.4 Å².